The van der Waals surface area contributed by atoms with Crippen molar-refractivity contribution >= 4 is 5.91 Å². The number of aryl methyl sites for hydroxylation is 1. The Kier molecular flexibility index (Phi) is 4.20. The highest BCUT2D eigenvalue weighted by Crippen LogP contribution is 2.15. The molecule has 0 N–H and O–H groups in total. The van der Waals surface area contributed by atoms with Gasteiger partial charge in [-0.3, -0.25) is 4.79 Å². The van der Waals surface area contributed by atoms with Gasteiger partial charge in [-0.05, 0) is 31.0 Å². The van der Waals surface area contributed by atoms with Crippen molar-refractivity contribution in [1.82, 2.24) is 4.90 Å². The molecule has 2 rings (SSSR count). The maximum atomic E-state index is 12.0. The molecular formula is C14H19NO3. The average Bonchev–Trinajstić information content (AvgIpc) is 2.83. The SMILES string of the molecule is COc1ccc(CCC(=O)N2CCOC2C)cc1. The number of methoxy groups -OCH3 is 1. The fraction of sp³-hybridized carbons (Fsp3) is 0.500. The Hall–Kier alpha value is -1.55. The molecule has 0 aromatic heterocycles. The van der Waals surface area contributed by atoms with Crippen molar-refractivity contribution in [2.75, 3.05) is 20.3 Å². The third-order valence-electron chi connectivity index (χ3n) is 3.24. The lowest BCUT2D eigenvalue weighted by molar-refractivity contribution is -0.135. The monoisotopic (exact) mass is 249 g/mol. The number of carbonyl (C=O) groups excluding carboxylic acids is 1. The molecule has 18 heavy (non-hydrogen) atoms. The highest BCUT2D eigenvalue weighted by atomic mass is 16.5. The molecule has 4 nitrogen and oxygen atoms in total. The van der Waals surface area contributed by atoms with Gasteiger partial charge in [0.25, 0.3) is 0 Å². The van der Waals surface area contributed by atoms with E-state index in [0.29, 0.717) is 19.6 Å². The summed E-state index contributed by atoms with van der Waals surface area (Å²) in [5, 5.41) is 0. The van der Waals surface area contributed by atoms with Crippen molar-refractivity contribution in [3.05, 3.63) is 29.8 Å². The van der Waals surface area contributed by atoms with Crippen molar-refractivity contribution in [2.45, 2.75) is 26.0 Å². The summed E-state index contributed by atoms with van der Waals surface area (Å²) in [5.41, 5.74) is 1.15. The molecule has 1 aromatic carbocycles. The minimum Gasteiger partial charge on any atom is -0.497 e. The zero-order chi connectivity index (χ0) is 13.0. The van der Waals surface area contributed by atoms with E-state index in [4.69, 9.17) is 9.47 Å². The Bertz CT molecular complexity index is 402. The van der Waals surface area contributed by atoms with Crippen molar-refractivity contribution in [2.24, 2.45) is 0 Å². The van der Waals surface area contributed by atoms with E-state index < -0.39 is 0 Å². The van der Waals surface area contributed by atoms with Gasteiger partial charge in [0.15, 0.2) is 0 Å². The summed E-state index contributed by atoms with van der Waals surface area (Å²) < 4.78 is 10.5. The largest absolute Gasteiger partial charge is 0.497 e. The second kappa shape index (κ2) is 5.87. The van der Waals surface area contributed by atoms with Gasteiger partial charge in [0.05, 0.1) is 13.7 Å². The molecule has 1 aromatic rings. The summed E-state index contributed by atoms with van der Waals surface area (Å²) in [6.07, 6.45) is 1.21. The molecular weight excluding hydrogens is 230 g/mol. The molecule has 0 spiro atoms. The fourth-order valence-electron chi connectivity index (χ4n) is 2.11. The maximum Gasteiger partial charge on any atom is 0.225 e. The quantitative estimate of drug-likeness (QED) is 0.817. The van der Waals surface area contributed by atoms with E-state index in [2.05, 4.69) is 0 Å². The summed E-state index contributed by atoms with van der Waals surface area (Å²) in [5.74, 6) is 1.00. The molecule has 1 heterocycles. The van der Waals surface area contributed by atoms with E-state index >= 15 is 0 Å². The highest BCUT2D eigenvalue weighted by molar-refractivity contribution is 5.76. The number of rotatable bonds is 4. The van der Waals surface area contributed by atoms with Gasteiger partial charge in [-0.2, -0.15) is 0 Å². The summed E-state index contributed by atoms with van der Waals surface area (Å²) >= 11 is 0. The number of benzene rings is 1. The van der Waals surface area contributed by atoms with Crippen LogP contribution in [0.1, 0.15) is 18.9 Å². The van der Waals surface area contributed by atoms with Crippen LogP contribution in [0, 0.1) is 0 Å². The molecule has 0 saturated carbocycles. The summed E-state index contributed by atoms with van der Waals surface area (Å²) in [7, 11) is 1.65. The van der Waals surface area contributed by atoms with Crippen LogP contribution in [0.5, 0.6) is 5.75 Å². The molecule has 0 bridgehead atoms. The Morgan fingerprint density at radius 3 is 2.72 bits per heavy atom. The second-order valence-electron chi connectivity index (χ2n) is 4.41. The number of hydrogen-bond acceptors (Lipinski definition) is 3. The van der Waals surface area contributed by atoms with Gasteiger partial charge in [0, 0.05) is 13.0 Å². The number of ether oxygens (including phenoxy) is 2. The maximum absolute atomic E-state index is 12.0. The molecule has 4 heteroatoms. The van der Waals surface area contributed by atoms with Crippen molar-refractivity contribution in [3.63, 3.8) is 0 Å². The fourth-order valence-corrected chi connectivity index (χ4v) is 2.11. The van der Waals surface area contributed by atoms with E-state index in [1.807, 2.05) is 31.2 Å². The first kappa shape index (κ1) is 12.9. The third kappa shape index (κ3) is 3.01. The summed E-state index contributed by atoms with van der Waals surface area (Å²) in [6, 6.07) is 7.83. The number of carbonyl (C=O) groups is 1. The van der Waals surface area contributed by atoms with Gasteiger partial charge < -0.3 is 14.4 Å². The van der Waals surface area contributed by atoms with Crippen LogP contribution in [-0.4, -0.2) is 37.3 Å². The van der Waals surface area contributed by atoms with Crippen LogP contribution >= 0.6 is 0 Å². The molecule has 1 fully saturated rings. The minimum absolute atomic E-state index is 0.0756. The molecule has 1 aliphatic rings. The Morgan fingerprint density at radius 2 is 2.17 bits per heavy atom. The van der Waals surface area contributed by atoms with Crippen LogP contribution in [0.3, 0.4) is 0 Å². The van der Waals surface area contributed by atoms with Crippen LogP contribution in [-0.2, 0) is 16.0 Å². The molecule has 1 aliphatic heterocycles. The number of nitrogens with zero attached hydrogens (tertiary/aromatic N) is 1. The van der Waals surface area contributed by atoms with Gasteiger partial charge in [-0.1, -0.05) is 12.1 Å². The number of hydrogen-bond donors (Lipinski definition) is 0. The molecule has 0 radical (unpaired) electrons. The molecule has 1 amide bonds. The van der Waals surface area contributed by atoms with Gasteiger partial charge in [-0.25, -0.2) is 0 Å². The predicted molar refractivity (Wildman–Crippen MR) is 68.4 cm³/mol. The lowest BCUT2D eigenvalue weighted by atomic mass is 10.1. The van der Waals surface area contributed by atoms with Gasteiger partial charge >= 0.3 is 0 Å². The van der Waals surface area contributed by atoms with E-state index in [-0.39, 0.29) is 12.1 Å². The lowest BCUT2D eigenvalue weighted by Gasteiger charge is -2.19. The van der Waals surface area contributed by atoms with Crippen LogP contribution in [0.4, 0.5) is 0 Å². The van der Waals surface area contributed by atoms with E-state index in [0.717, 1.165) is 17.7 Å². The van der Waals surface area contributed by atoms with E-state index in [9.17, 15) is 4.79 Å². The first-order chi connectivity index (χ1) is 8.70. The molecule has 1 atom stereocenters. The lowest BCUT2D eigenvalue weighted by Crippen LogP contribution is -2.34. The Morgan fingerprint density at radius 1 is 1.44 bits per heavy atom. The molecule has 98 valence electrons. The van der Waals surface area contributed by atoms with Gasteiger partial charge in [-0.15, -0.1) is 0 Å². The topological polar surface area (TPSA) is 38.8 Å². The van der Waals surface area contributed by atoms with Crippen LogP contribution < -0.4 is 4.74 Å². The minimum atomic E-state index is -0.0756. The average molecular weight is 249 g/mol. The van der Waals surface area contributed by atoms with Crippen LogP contribution in [0.25, 0.3) is 0 Å². The first-order valence-corrected chi connectivity index (χ1v) is 6.24. The Balaban J connectivity index is 1.85. The van der Waals surface area contributed by atoms with Crippen molar-refractivity contribution in [3.8, 4) is 5.75 Å². The van der Waals surface area contributed by atoms with E-state index in [1.165, 1.54) is 0 Å². The highest BCUT2D eigenvalue weighted by Gasteiger charge is 2.25. The zero-order valence-electron chi connectivity index (χ0n) is 10.9. The van der Waals surface area contributed by atoms with Crippen LogP contribution in [0.15, 0.2) is 24.3 Å². The van der Waals surface area contributed by atoms with Gasteiger partial charge in [0.2, 0.25) is 5.91 Å². The first-order valence-electron chi connectivity index (χ1n) is 6.24. The third-order valence-corrected chi connectivity index (χ3v) is 3.24. The predicted octanol–water partition coefficient (Wildman–Crippen LogP) is 1.83. The van der Waals surface area contributed by atoms with Crippen molar-refractivity contribution in [1.29, 1.82) is 0 Å². The zero-order valence-corrected chi connectivity index (χ0v) is 10.9. The standard InChI is InChI=1S/C14H19NO3/c1-11-15(9-10-18-11)14(16)8-5-12-3-6-13(17-2)7-4-12/h3-4,6-7,11H,5,8-10H2,1-2H3. The Labute approximate surface area is 107 Å². The van der Waals surface area contributed by atoms with E-state index in [1.54, 1.807) is 12.0 Å². The smallest absolute Gasteiger partial charge is 0.225 e. The molecule has 1 unspecified atom stereocenters. The van der Waals surface area contributed by atoms with Gasteiger partial charge in [0.1, 0.15) is 12.0 Å². The van der Waals surface area contributed by atoms with Crippen molar-refractivity contribution < 1.29 is 14.3 Å². The summed E-state index contributed by atoms with van der Waals surface area (Å²) in [6.45, 7) is 3.27. The van der Waals surface area contributed by atoms with Crippen LogP contribution in [0.2, 0.25) is 0 Å². The second-order valence-corrected chi connectivity index (χ2v) is 4.41. The normalized spacial score (nSPS) is 19.0. The number of amides is 1. The molecule has 0 aliphatic carbocycles. The molecule has 1 saturated heterocycles. The summed E-state index contributed by atoms with van der Waals surface area (Å²) in [4.78, 5) is 13.8.